The molecule has 0 radical (unpaired) electrons. The van der Waals surface area contributed by atoms with Crippen LogP contribution in [0.5, 0.6) is 5.75 Å². The van der Waals surface area contributed by atoms with Gasteiger partial charge in [-0.3, -0.25) is 9.11 Å². The first kappa shape index (κ1) is 28.8. The number of fused-ring (bicyclic) bond motifs is 3. The summed E-state index contributed by atoms with van der Waals surface area (Å²) >= 11 is 0. The zero-order valence-corrected chi connectivity index (χ0v) is 24.0. The quantitative estimate of drug-likeness (QED) is 0.0813. The lowest BCUT2D eigenvalue weighted by Crippen LogP contribution is -2.04. The molecule has 0 saturated heterocycles. The maximum absolute atomic E-state index is 11.9. The molecule has 44 heavy (non-hydrogen) atoms. The average Bonchev–Trinajstić information content (AvgIpc) is 2.98. The van der Waals surface area contributed by atoms with Gasteiger partial charge in [-0.1, -0.05) is 42.5 Å². The lowest BCUT2D eigenvalue weighted by molar-refractivity contribution is 0.476. The molecule has 0 heterocycles. The van der Waals surface area contributed by atoms with Gasteiger partial charge in [-0.25, -0.2) is 0 Å². The van der Waals surface area contributed by atoms with Crippen LogP contribution in [0, 0.1) is 0 Å². The molecule has 0 unspecified atom stereocenters. The van der Waals surface area contributed by atoms with E-state index in [1.165, 1.54) is 24.3 Å². The second kappa shape index (κ2) is 10.8. The molecular formula is C30H21N5O7S2. The number of phenolic OH excluding ortho intramolecular Hbond substituents is 1. The Balaban J connectivity index is 1.40. The van der Waals surface area contributed by atoms with Gasteiger partial charge in [0.2, 0.25) is 0 Å². The minimum Gasteiger partial charge on any atom is -0.506 e. The predicted octanol–water partition coefficient (Wildman–Crippen LogP) is 7.76. The smallest absolute Gasteiger partial charge is 0.295 e. The summed E-state index contributed by atoms with van der Waals surface area (Å²) in [4.78, 5) is -1.38. The van der Waals surface area contributed by atoms with Gasteiger partial charge in [0.15, 0.2) is 0 Å². The van der Waals surface area contributed by atoms with Gasteiger partial charge < -0.3 is 10.8 Å². The summed E-state index contributed by atoms with van der Waals surface area (Å²) in [7, 11) is -9.59. The van der Waals surface area contributed by atoms with E-state index in [0.717, 1.165) is 11.5 Å². The van der Waals surface area contributed by atoms with Gasteiger partial charge in [0.25, 0.3) is 20.2 Å². The fraction of sp³-hybridized carbons (Fsp3) is 0. The van der Waals surface area contributed by atoms with Crippen LogP contribution in [0.2, 0.25) is 0 Å². The first-order valence-electron chi connectivity index (χ1n) is 12.8. The van der Waals surface area contributed by atoms with Crippen LogP contribution in [0.3, 0.4) is 0 Å². The van der Waals surface area contributed by atoms with Gasteiger partial charge in [-0.05, 0) is 60.0 Å². The molecule has 6 aromatic rings. The van der Waals surface area contributed by atoms with E-state index >= 15 is 0 Å². The maximum atomic E-state index is 11.9. The molecule has 0 spiro atoms. The molecule has 0 aliphatic heterocycles. The van der Waals surface area contributed by atoms with Crippen LogP contribution in [0.15, 0.2) is 127 Å². The van der Waals surface area contributed by atoms with E-state index in [1.807, 2.05) is 24.3 Å². The number of nitrogens with two attached hydrogens (primary N) is 1. The molecule has 5 N–H and O–H groups in total. The largest absolute Gasteiger partial charge is 0.506 e. The molecule has 0 aromatic heterocycles. The molecule has 12 nitrogen and oxygen atoms in total. The summed E-state index contributed by atoms with van der Waals surface area (Å²) in [6.45, 7) is 0. The first-order valence-corrected chi connectivity index (χ1v) is 15.7. The van der Waals surface area contributed by atoms with Gasteiger partial charge >= 0.3 is 0 Å². The Kier molecular flexibility index (Phi) is 7.05. The second-order valence-corrected chi connectivity index (χ2v) is 12.5. The number of nitrogens with zero attached hydrogens (tertiary/aromatic N) is 4. The second-order valence-electron chi connectivity index (χ2n) is 9.70. The zero-order chi connectivity index (χ0) is 31.2. The van der Waals surface area contributed by atoms with Gasteiger partial charge in [-0.15, -0.1) is 15.3 Å². The van der Waals surface area contributed by atoms with Crippen molar-refractivity contribution in [1.29, 1.82) is 0 Å². The SMILES string of the molecule is Nc1cccc2c(/N=N/c3ccc(/N=N/c4ccc5c(S(=O)(=O)O)cc(S(=O)(=O)O)cc5c4)c4ccccc34)c(O)ccc12. The third-order valence-corrected chi connectivity index (χ3v) is 8.63. The van der Waals surface area contributed by atoms with E-state index < -0.39 is 30.0 Å². The van der Waals surface area contributed by atoms with Gasteiger partial charge in [-0.2, -0.15) is 21.9 Å². The number of hydrogen-bond acceptors (Lipinski definition) is 10. The summed E-state index contributed by atoms with van der Waals surface area (Å²) in [5.41, 5.74) is 8.10. The normalized spacial score (nSPS) is 12.7. The van der Waals surface area contributed by atoms with Crippen LogP contribution in [-0.4, -0.2) is 31.0 Å². The molecule has 0 amide bonds. The van der Waals surface area contributed by atoms with Crippen molar-refractivity contribution in [1.82, 2.24) is 0 Å². The molecule has 0 saturated carbocycles. The van der Waals surface area contributed by atoms with E-state index in [4.69, 9.17) is 5.73 Å². The highest BCUT2D eigenvalue weighted by atomic mass is 32.2. The first-order chi connectivity index (χ1) is 20.9. The van der Waals surface area contributed by atoms with Crippen LogP contribution in [0.25, 0.3) is 32.3 Å². The molecule has 0 atom stereocenters. The van der Waals surface area contributed by atoms with Crippen molar-refractivity contribution in [2.75, 3.05) is 5.73 Å². The summed E-state index contributed by atoms with van der Waals surface area (Å²) in [5.74, 6) is -0.0515. The van der Waals surface area contributed by atoms with E-state index in [0.29, 0.717) is 39.3 Å². The van der Waals surface area contributed by atoms with Crippen molar-refractivity contribution >= 4 is 81.0 Å². The number of phenols is 1. The Morgan fingerprint density at radius 3 is 1.86 bits per heavy atom. The Hall–Kier alpha value is -5.28. The monoisotopic (exact) mass is 627 g/mol. The van der Waals surface area contributed by atoms with Crippen molar-refractivity contribution in [2.45, 2.75) is 9.79 Å². The standard InChI is InChI=1S/C30H21N5O7S2/c31-25-7-3-6-24-21(25)10-13-28(36)30(24)35-34-27-12-11-26(22-4-1-2-5-23(22)27)33-32-18-8-9-20-17(14-18)15-19(43(37,38)39)16-29(20)44(40,41)42/h1-16,36H,31H2,(H,37,38,39)(H,40,41,42)/b33-32+,35-34+. The highest BCUT2D eigenvalue weighted by Crippen LogP contribution is 2.40. The summed E-state index contributed by atoms with van der Waals surface area (Å²) in [6, 6.07) is 25.1. The number of anilines is 1. The van der Waals surface area contributed by atoms with Crippen LogP contribution in [0.1, 0.15) is 0 Å². The number of benzene rings is 6. The van der Waals surface area contributed by atoms with Crippen LogP contribution < -0.4 is 5.73 Å². The highest BCUT2D eigenvalue weighted by molar-refractivity contribution is 7.86. The third-order valence-electron chi connectivity index (χ3n) is 6.90. The maximum Gasteiger partial charge on any atom is 0.295 e. The molecule has 0 bridgehead atoms. The topological polar surface area (TPSA) is 204 Å². The number of azo groups is 2. The van der Waals surface area contributed by atoms with Gasteiger partial charge in [0.05, 0.1) is 22.0 Å². The Bertz CT molecular complexity index is 2430. The Morgan fingerprint density at radius 2 is 1.20 bits per heavy atom. The summed E-state index contributed by atoms with van der Waals surface area (Å²) in [5, 5.41) is 30.7. The molecular weight excluding hydrogens is 606 g/mol. The van der Waals surface area contributed by atoms with Crippen molar-refractivity contribution in [3.63, 3.8) is 0 Å². The van der Waals surface area contributed by atoms with Gasteiger partial charge in [0, 0.05) is 32.6 Å². The molecule has 14 heteroatoms. The average molecular weight is 628 g/mol. The Morgan fingerprint density at radius 1 is 0.568 bits per heavy atom. The van der Waals surface area contributed by atoms with Crippen molar-refractivity contribution < 1.29 is 31.0 Å². The highest BCUT2D eigenvalue weighted by Gasteiger charge is 2.20. The zero-order valence-electron chi connectivity index (χ0n) is 22.4. The number of rotatable bonds is 6. The van der Waals surface area contributed by atoms with E-state index in [2.05, 4.69) is 20.5 Å². The van der Waals surface area contributed by atoms with E-state index in [1.54, 1.807) is 36.4 Å². The molecule has 220 valence electrons. The molecule has 0 aliphatic carbocycles. The van der Waals surface area contributed by atoms with Crippen molar-refractivity contribution in [2.24, 2.45) is 20.5 Å². The lowest BCUT2D eigenvalue weighted by atomic mass is 10.1. The number of hydrogen-bond donors (Lipinski definition) is 4. The van der Waals surface area contributed by atoms with E-state index in [-0.39, 0.29) is 27.9 Å². The minimum absolute atomic E-state index is 0.0268. The van der Waals surface area contributed by atoms with Crippen molar-refractivity contribution in [3.8, 4) is 5.75 Å². The van der Waals surface area contributed by atoms with Crippen LogP contribution in [0.4, 0.5) is 28.4 Å². The molecule has 0 aliphatic rings. The van der Waals surface area contributed by atoms with E-state index in [9.17, 15) is 31.0 Å². The van der Waals surface area contributed by atoms with Crippen LogP contribution >= 0.6 is 0 Å². The van der Waals surface area contributed by atoms with Crippen LogP contribution in [-0.2, 0) is 20.2 Å². The number of aromatic hydroxyl groups is 1. The summed E-state index contributed by atoms with van der Waals surface area (Å²) < 4.78 is 66.3. The Labute approximate surface area is 250 Å². The molecule has 6 rings (SSSR count). The predicted molar refractivity (Wildman–Crippen MR) is 166 cm³/mol. The van der Waals surface area contributed by atoms with Crippen molar-refractivity contribution in [3.05, 3.63) is 97.1 Å². The third kappa shape index (κ3) is 5.45. The number of nitrogen functional groups attached to an aromatic ring is 1. The minimum atomic E-state index is -4.81. The fourth-order valence-corrected chi connectivity index (χ4v) is 6.19. The molecule has 6 aromatic carbocycles. The lowest BCUT2D eigenvalue weighted by Gasteiger charge is -2.08. The molecule has 0 fully saturated rings. The summed E-state index contributed by atoms with van der Waals surface area (Å²) in [6.07, 6.45) is 0. The fourth-order valence-electron chi connectivity index (χ4n) is 4.84. The van der Waals surface area contributed by atoms with Gasteiger partial charge in [0.1, 0.15) is 16.3 Å².